The largest absolute Gasteiger partial charge is 0.829 e. The molecule has 11 nitrogen and oxygen atoms in total. The van der Waals surface area contributed by atoms with Gasteiger partial charge in [-0.1, -0.05) is 0 Å². The highest BCUT2D eigenvalue weighted by atomic mass is 16.7. The van der Waals surface area contributed by atoms with Crippen LogP contribution in [0.3, 0.4) is 0 Å². The quantitative estimate of drug-likeness (QED) is 0.257. The van der Waals surface area contributed by atoms with Gasteiger partial charge in [0.15, 0.2) is 6.29 Å². The van der Waals surface area contributed by atoms with E-state index in [4.69, 9.17) is 19.7 Å². The molecule has 2 unspecified atom stereocenters. The summed E-state index contributed by atoms with van der Waals surface area (Å²) in [6.07, 6.45) is -16.3. The normalized spacial score (nSPS) is 51.7. The molecule has 2 aliphatic rings. The third-order valence-electron chi connectivity index (χ3n) is 3.96. The van der Waals surface area contributed by atoms with Crippen molar-refractivity contribution in [2.24, 2.45) is 0 Å². The summed E-state index contributed by atoms with van der Waals surface area (Å²) in [5.74, 6) is 0. The Morgan fingerprint density at radius 2 is 1.30 bits per heavy atom. The standard InChI is InChI=1S/C12H21O11/c13-1-3-5(15)7(17)8(18)12(22-3)23-10-6(16)4(2-14)21-11(20)9(10)19/h3-19H,1-2H2/q-1/t3-,4-,5+,6-,7+,8+,9+,10+,11?,12?/m1/s1. The SMILES string of the molecule is [O-]C1O[C@H](CO)[C@@H](O)[C@H](OC2O[C@H](CO)[C@H](O)[C@H](O)[C@@H]2O)[C@@H]1O. The van der Waals surface area contributed by atoms with Crippen LogP contribution in [0.4, 0.5) is 0 Å². The summed E-state index contributed by atoms with van der Waals surface area (Å²) in [5, 5.41) is 78.6. The van der Waals surface area contributed by atoms with Crippen molar-refractivity contribution in [2.45, 2.75) is 61.4 Å². The Hall–Kier alpha value is -0.440. The number of rotatable bonds is 4. The Balaban J connectivity index is 2.11. The van der Waals surface area contributed by atoms with Crippen molar-refractivity contribution in [3.63, 3.8) is 0 Å². The molecule has 0 aromatic heterocycles. The molecule has 0 saturated carbocycles. The first-order valence-corrected chi connectivity index (χ1v) is 7.06. The number of aliphatic hydroxyl groups is 7. The van der Waals surface area contributed by atoms with Crippen LogP contribution in [0, 0.1) is 0 Å². The van der Waals surface area contributed by atoms with Crippen LogP contribution in [0.15, 0.2) is 0 Å². The second-order valence-electron chi connectivity index (χ2n) is 5.50. The molecule has 2 fully saturated rings. The van der Waals surface area contributed by atoms with E-state index in [1.807, 2.05) is 0 Å². The summed E-state index contributed by atoms with van der Waals surface area (Å²) < 4.78 is 14.9. The predicted molar refractivity (Wildman–Crippen MR) is 66.4 cm³/mol. The molecule has 136 valence electrons. The topological polar surface area (TPSA) is 192 Å². The Labute approximate surface area is 130 Å². The first-order valence-electron chi connectivity index (χ1n) is 7.06. The molecule has 0 aromatic rings. The molecule has 0 spiro atoms. The van der Waals surface area contributed by atoms with Gasteiger partial charge in [-0.2, -0.15) is 0 Å². The van der Waals surface area contributed by atoms with Crippen molar-refractivity contribution in [1.82, 2.24) is 0 Å². The summed E-state index contributed by atoms with van der Waals surface area (Å²) >= 11 is 0. The lowest BCUT2D eigenvalue weighted by Gasteiger charge is -2.48. The van der Waals surface area contributed by atoms with E-state index in [1.54, 1.807) is 0 Å². The highest BCUT2D eigenvalue weighted by Crippen LogP contribution is 2.27. The van der Waals surface area contributed by atoms with Gasteiger partial charge >= 0.3 is 0 Å². The van der Waals surface area contributed by atoms with Crippen LogP contribution in [0.2, 0.25) is 0 Å². The summed E-state index contributed by atoms with van der Waals surface area (Å²) in [7, 11) is 0. The molecule has 23 heavy (non-hydrogen) atoms. The van der Waals surface area contributed by atoms with Crippen molar-refractivity contribution >= 4 is 0 Å². The fraction of sp³-hybridized carbons (Fsp3) is 1.00. The minimum atomic E-state index is -2.01. The lowest BCUT2D eigenvalue weighted by atomic mass is 9.97. The third-order valence-corrected chi connectivity index (χ3v) is 3.96. The first kappa shape index (κ1) is 18.9. The Kier molecular flexibility index (Phi) is 6.27. The molecule has 2 aliphatic heterocycles. The Morgan fingerprint density at radius 1 is 0.739 bits per heavy atom. The molecular weight excluding hydrogens is 320 g/mol. The van der Waals surface area contributed by atoms with Gasteiger partial charge in [-0.05, 0) is 0 Å². The van der Waals surface area contributed by atoms with Crippen LogP contribution in [0.25, 0.3) is 0 Å². The van der Waals surface area contributed by atoms with Gasteiger partial charge in [0.05, 0.1) is 19.3 Å². The highest BCUT2D eigenvalue weighted by Gasteiger charge is 2.48. The van der Waals surface area contributed by atoms with Crippen molar-refractivity contribution in [3.05, 3.63) is 0 Å². The van der Waals surface area contributed by atoms with Crippen molar-refractivity contribution < 1.29 is 55.1 Å². The molecule has 0 aliphatic carbocycles. The number of hydrogen-bond donors (Lipinski definition) is 7. The Morgan fingerprint density at radius 3 is 1.87 bits per heavy atom. The molecule has 2 rings (SSSR count). The number of aliphatic hydroxyl groups excluding tert-OH is 7. The molecule has 7 N–H and O–H groups in total. The van der Waals surface area contributed by atoms with E-state index in [0.29, 0.717) is 0 Å². The lowest BCUT2D eigenvalue weighted by molar-refractivity contribution is -0.536. The van der Waals surface area contributed by atoms with Gasteiger partial charge < -0.3 is 55.1 Å². The summed E-state index contributed by atoms with van der Waals surface area (Å²) in [5.41, 5.74) is 0. The van der Waals surface area contributed by atoms with Crippen molar-refractivity contribution in [3.8, 4) is 0 Å². The minimum Gasteiger partial charge on any atom is -0.829 e. The average Bonchev–Trinajstić information content (AvgIpc) is 2.54. The van der Waals surface area contributed by atoms with Crippen molar-refractivity contribution in [1.29, 1.82) is 0 Å². The number of hydrogen-bond acceptors (Lipinski definition) is 11. The number of ether oxygens (including phenoxy) is 3. The van der Waals surface area contributed by atoms with Gasteiger partial charge in [0, 0.05) is 6.29 Å². The monoisotopic (exact) mass is 341 g/mol. The van der Waals surface area contributed by atoms with Crippen LogP contribution < -0.4 is 5.11 Å². The molecule has 0 aromatic carbocycles. The minimum absolute atomic E-state index is 0.687. The fourth-order valence-electron chi connectivity index (χ4n) is 2.55. The molecule has 0 amide bonds. The molecule has 2 heterocycles. The van der Waals surface area contributed by atoms with Crippen LogP contribution >= 0.6 is 0 Å². The summed E-state index contributed by atoms with van der Waals surface area (Å²) in [4.78, 5) is 0. The fourth-order valence-corrected chi connectivity index (χ4v) is 2.55. The van der Waals surface area contributed by atoms with Gasteiger partial charge in [0.25, 0.3) is 0 Å². The van der Waals surface area contributed by atoms with Crippen LogP contribution in [0.1, 0.15) is 0 Å². The second-order valence-corrected chi connectivity index (χ2v) is 5.50. The van der Waals surface area contributed by atoms with E-state index in [9.17, 15) is 30.6 Å². The zero-order chi connectivity index (χ0) is 17.3. The van der Waals surface area contributed by atoms with E-state index in [1.165, 1.54) is 0 Å². The van der Waals surface area contributed by atoms with E-state index in [2.05, 4.69) is 4.74 Å². The van der Waals surface area contributed by atoms with Crippen LogP contribution in [-0.2, 0) is 14.2 Å². The molecule has 2 saturated heterocycles. The summed E-state index contributed by atoms with van der Waals surface area (Å²) in [6.45, 7) is -1.39. The van der Waals surface area contributed by atoms with Gasteiger partial charge in [-0.15, -0.1) is 0 Å². The smallest absolute Gasteiger partial charge is 0.187 e. The van der Waals surface area contributed by atoms with Gasteiger partial charge in [0.1, 0.15) is 42.7 Å². The van der Waals surface area contributed by atoms with Crippen LogP contribution in [-0.4, -0.2) is 110 Å². The molecule has 11 heteroatoms. The first-order chi connectivity index (χ1) is 10.8. The second kappa shape index (κ2) is 7.63. The van der Waals surface area contributed by atoms with Gasteiger partial charge in [-0.25, -0.2) is 0 Å². The van der Waals surface area contributed by atoms with Crippen LogP contribution in [0.5, 0.6) is 0 Å². The van der Waals surface area contributed by atoms with Gasteiger partial charge in [-0.3, -0.25) is 0 Å². The molecule has 0 bridgehead atoms. The Bertz CT molecular complexity index is 380. The van der Waals surface area contributed by atoms with E-state index in [-0.39, 0.29) is 0 Å². The third kappa shape index (κ3) is 3.65. The highest BCUT2D eigenvalue weighted by molar-refractivity contribution is 4.93. The zero-order valence-electron chi connectivity index (χ0n) is 12.0. The maximum Gasteiger partial charge on any atom is 0.187 e. The maximum absolute atomic E-state index is 11.6. The van der Waals surface area contributed by atoms with Gasteiger partial charge in [0.2, 0.25) is 0 Å². The lowest BCUT2D eigenvalue weighted by Crippen LogP contribution is -2.66. The summed E-state index contributed by atoms with van der Waals surface area (Å²) in [6, 6.07) is 0. The predicted octanol–water partition coefficient (Wildman–Crippen LogP) is -6.03. The molecular formula is C12H21O11-. The van der Waals surface area contributed by atoms with E-state index in [0.717, 1.165) is 0 Å². The zero-order valence-corrected chi connectivity index (χ0v) is 12.0. The maximum atomic E-state index is 11.6. The van der Waals surface area contributed by atoms with E-state index < -0.39 is 74.6 Å². The molecule has 0 radical (unpaired) electrons. The average molecular weight is 341 g/mol. The molecule has 10 atom stereocenters. The van der Waals surface area contributed by atoms with E-state index >= 15 is 0 Å². The van der Waals surface area contributed by atoms with Crippen molar-refractivity contribution in [2.75, 3.05) is 13.2 Å².